The molecule has 0 unspecified atom stereocenters. The summed E-state index contributed by atoms with van der Waals surface area (Å²) < 4.78 is 14.1. The second kappa shape index (κ2) is 7.21. The van der Waals surface area contributed by atoms with Gasteiger partial charge in [0.25, 0.3) is 0 Å². The van der Waals surface area contributed by atoms with E-state index in [1.807, 2.05) is 15.9 Å². The Morgan fingerprint density at radius 1 is 1.25 bits per heavy atom. The SMILES string of the molecule is C[C@@H]1CCCN(C(=O)C2CCN(c3ccc(C#N)cc3F)CC2)C1. The Morgan fingerprint density at radius 2 is 2.00 bits per heavy atom. The number of carbonyl (C=O) groups is 1. The van der Waals surface area contributed by atoms with E-state index in [1.54, 1.807) is 12.1 Å². The largest absolute Gasteiger partial charge is 0.369 e. The van der Waals surface area contributed by atoms with Crippen molar-refractivity contribution in [2.75, 3.05) is 31.1 Å². The standard InChI is InChI=1S/C19H24FN3O/c1-14-3-2-8-23(13-14)19(24)16-6-9-22(10-7-16)18-5-4-15(12-21)11-17(18)20/h4-5,11,14,16H,2-3,6-10,13H2,1H3/t14-/m1/s1. The van der Waals surface area contributed by atoms with Gasteiger partial charge in [-0.1, -0.05) is 6.92 Å². The molecule has 0 bridgehead atoms. The summed E-state index contributed by atoms with van der Waals surface area (Å²) in [4.78, 5) is 16.7. The fourth-order valence-corrected chi connectivity index (χ4v) is 3.85. The summed E-state index contributed by atoms with van der Waals surface area (Å²) in [5.74, 6) is 0.578. The van der Waals surface area contributed by atoms with Gasteiger partial charge in [0.2, 0.25) is 5.91 Å². The lowest BCUT2D eigenvalue weighted by molar-refractivity contribution is -0.137. The first-order valence-electron chi connectivity index (χ1n) is 8.82. The van der Waals surface area contributed by atoms with Gasteiger partial charge in [-0.15, -0.1) is 0 Å². The summed E-state index contributed by atoms with van der Waals surface area (Å²) in [6, 6.07) is 6.54. The van der Waals surface area contributed by atoms with Gasteiger partial charge in [-0.3, -0.25) is 4.79 Å². The summed E-state index contributed by atoms with van der Waals surface area (Å²) in [6.07, 6.45) is 3.84. The number of hydrogen-bond donors (Lipinski definition) is 0. The molecule has 24 heavy (non-hydrogen) atoms. The lowest BCUT2D eigenvalue weighted by Crippen LogP contribution is -2.46. The molecule has 2 saturated heterocycles. The van der Waals surface area contributed by atoms with Gasteiger partial charge in [-0.2, -0.15) is 5.26 Å². The van der Waals surface area contributed by atoms with Gasteiger partial charge in [0.05, 0.1) is 17.3 Å². The number of piperidine rings is 2. The number of nitriles is 1. The van der Waals surface area contributed by atoms with Crippen LogP contribution in [0.1, 0.15) is 38.2 Å². The van der Waals surface area contributed by atoms with E-state index in [0.717, 1.165) is 32.4 Å². The van der Waals surface area contributed by atoms with Crippen LogP contribution < -0.4 is 4.90 Å². The number of amides is 1. The highest BCUT2D eigenvalue weighted by atomic mass is 19.1. The summed E-state index contributed by atoms with van der Waals surface area (Å²) in [5, 5.41) is 8.83. The molecule has 0 aromatic heterocycles. The molecule has 0 N–H and O–H groups in total. The first-order valence-corrected chi connectivity index (χ1v) is 8.82. The molecule has 2 aliphatic heterocycles. The predicted molar refractivity (Wildman–Crippen MR) is 91.0 cm³/mol. The molecule has 2 fully saturated rings. The third-order valence-electron chi connectivity index (χ3n) is 5.23. The van der Waals surface area contributed by atoms with E-state index in [9.17, 15) is 9.18 Å². The molecule has 2 aliphatic rings. The zero-order valence-corrected chi connectivity index (χ0v) is 14.2. The van der Waals surface area contributed by atoms with Crippen molar-refractivity contribution in [2.24, 2.45) is 11.8 Å². The molecule has 1 aromatic carbocycles. The van der Waals surface area contributed by atoms with Crippen LogP contribution in [0.2, 0.25) is 0 Å². The molecule has 0 spiro atoms. The minimum Gasteiger partial charge on any atom is -0.369 e. The van der Waals surface area contributed by atoms with Crippen LogP contribution in [0.5, 0.6) is 0 Å². The topological polar surface area (TPSA) is 47.3 Å². The van der Waals surface area contributed by atoms with Crippen LogP contribution in [0.4, 0.5) is 10.1 Å². The number of hydrogen-bond acceptors (Lipinski definition) is 3. The van der Waals surface area contributed by atoms with Crippen molar-refractivity contribution in [1.29, 1.82) is 5.26 Å². The number of likely N-dealkylation sites (tertiary alicyclic amines) is 1. The number of nitrogens with zero attached hydrogens (tertiary/aromatic N) is 3. The maximum atomic E-state index is 14.1. The van der Waals surface area contributed by atoms with E-state index in [0.29, 0.717) is 30.3 Å². The fraction of sp³-hybridized carbons (Fsp3) is 0.579. The number of anilines is 1. The van der Waals surface area contributed by atoms with Crippen molar-refractivity contribution in [3.63, 3.8) is 0 Å². The molecule has 0 radical (unpaired) electrons. The smallest absolute Gasteiger partial charge is 0.225 e. The Morgan fingerprint density at radius 3 is 2.62 bits per heavy atom. The second-order valence-electron chi connectivity index (χ2n) is 7.07. The van der Waals surface area contributed by atoms with Crippen molar-refractivity contribution in [3.05, 3.63) is 29.6 Å². The van der Waals surface area contributed by atoms with Crippen molar-refractivity contribution in [2.45, 2.75) is 32.6 Å². The molecule has 0 saturated carbocycles. The quantitative estimate of drug-likeness (QED) is 0.837. The van der Waals surface area contributed by atoms with E-state index in [2.05, 4.69) is 6.92 Å². The minimum absolute atomic E-state index is 0.0630. The zero-order valence-electron chi connectivity index (χ0n) is 14.2. The Hall–Kier alpha value is -2.09. The van der Waals surface area contributed by atoms with E-state index in [-0.39, 0.29) is 17.6 Å². The normalized spacial score (nSPS) is 22.3. The van der Waals surface area contributed by atoms with Crippen LogP contribution >= 0.6 is 0 Å². The van der Waals surface area contributed by atoms with Gasteiger partial charge in [0, 0.05) is 32.1 Å². The average molecular weight is 329 g/mol. The van der Waals surface area contributed by atoms with E-state index < -0.39 is 0 Å². The summed E-state index contributed by atoms with van der Waals surface area (Å²) in [6.45, 7) is 5.33. The molecule has 4 nitrogen and oxygen atoms in total. The number of rotatable bonds is 2. The monoisotopic (exact) mass is 329 g/mol. The van der Waals surface area contributed by atoms with Crippen LogP contribution in [0, 0.1) is 29.0 Å². The molecule has 128 valence electrons. The number of halogens is 1. The molecule has 1 aromatic rings. The third kappa shape index (κ3) is 3.53. The maximum Gasteiger partial charge on any atom is 0.225 e. The highest BCUT2D eigenvalue weighted by Crippen LogP contribution is 2.28. The molecular formula is C19H24FN3O. The first-order chi connectivity index (χ1) is 11.6. The molecule has 0 aliphatic carbocycles. The Bertz CT molecular complexity index is 647. The molecule has 3 rings (SSSR count). The Labute approximate surface area is 142 Å². The minimum atomic E-state index is -0.358. The van der Waals surface area contributed by atoms with Crippen molar-refractivity contribution >= 4 is 11.6 Å². The van der Waals surface area contributed by atoms with Crippen molar-refractivity contribution < 1.29 is 9.18 Å². The predicted octanol–water partition coefficient (Wildman–Crippen LogP) is 3.17. The Kier molecular flexibility index (Phi) is 5.03. The van der Waals surface area contributed by atoms with Gasteiger partial charge >= 0.3 is 0 Å². The first kappa shape index (κ1) is 16.8. The Balaban J connectivity index is 1.59. The van der Waals surface area contributed by atoms with Crippen LogP contribution in [-0.2, 0) is 4.79 Å². The highest BCUT2D eigenvalue weighted by Gasteiger charge is 2.31. The van der Waals surface area contributed by atoms with Crippen LogP contribution in [-0.4, -0.2) is 37.0 Å². The van der Waals surface area contributed by atoms with Crippen LogP contribution in [0.3, 0.4) is 0 Å². The molecular weight excluding hydrogens is 305 g/mol. The second-order valence-corrected chi connectivity index (χ2v) is 7.07. The van der Waals surface area contributed by atoms with E-state index in [1.165, 1.54) is 12.5 Å². The molecule has 5 heteroatoms. The van der Waals surface area contributed by atoms with Crippen LogP contribution in [0.25, 0.3) is 0 Å². The van der Waals surface area contributed by atoms with Crippen LogP contribution in [0.15, 0.2) is 18.2 Å². The summed E-state index contributed by atoms with van der Waals surface area (Å²) in [7, 11) is 0. The van der Waals surface area contributed by atoms with Gasteiger partial charge < -0.3 is 9.80 Å². The van der Waals surface area contributed by atoms with Gasteiger partial charge in [0.15, 0.2) is 0 Å². The highest BCUT2D eigenvalue weighted by molar-refractivity contribution is 5.79. The van der Waals surface area contributed by atoms with Gasteiger partial charge in [-0.25, -0.2) is 4.39 Å². The molecule has 2 heterocycles. The fourth-order valence-electron chi connectivity index (χ4n) is 3.85. The lowest BCUT2D eigenvalue weighted by Gasteiger charge is -2.37. The average Bonchev–Trinajstić information content (AvgIpc) is 2.61. The molecule has 1 amide bonds. The van der Waals surface area contributed by atoms with Gasteiger partial charge in [-0.05, 0) is 49.8 Å². The third-order valence-corrected chi connectivity index (χ3v) is 5.23. The maximum absolute atomic E-state index is 14.1. The lowest BCUT2D eigenvalue weighted by atomic mass is 9.92. The van der Waals surface area contributed by atoms with E-state index in [4.69, 9.17) is 5.26 Å². The zero-order chi connectivity index (χ0) is 17.1. The van der Waals surface area contributed by atoms with Gasteiger partial charge in [0.1, 0.15) is 5.82 Å². The number of carbonyl (C=O) groups excluding carboxylic acids is 1. The molecule has 1 atom stereocenters. The summed E-state index contributed by atoms with van der Waals surface area (Å²) >= 11 is 0. The number of benzene rings is 1. The van der Waals surface area contributed by atoms with Crippen molar-refractivity contribution in [1.82, 2.24) is 4.90 Å². The van der Waals surface area contributed by atoms with E-state index >= 15 is 0 Å². The summed E-state index contributed by atoms with van der Waals surface area (Å²) in [5.41, 5.74) is 0.868. The van der Waals surface area contributed by atoms with Crippen molar-refractivity contribution in [3.8, 4) is 6.07 Å².